The summed E-state index contributed by atoms with van der Waals surface area (Å²) < 4.78 is 25.1. The molecule has 3 rings (SSSR count). The van der Waals surface area contributed by atoms with Crippen molar-refractivity contribution in [3.8, 4) is 11.5 Å². The van der Waals surface area contributed by atoms with Crippen molar-refractivity contribution < 1.29 is 18.7 Å². The van der Waals surface area contributed by atoms with E-state index >= 15 is 0 Å². The molecule has 0 atom stereocenters. The minimum Gasteiger partial charge on any atom is -0.493 e. The molecule has 33 heavy (non-hydrogen) atoms. The van der Waals surface area contributed by atoms with E-state index in [2.05, 4.69) is 10.6 Å². The van der Waals surface area contributed by atoms with E-state index in [1.165, 1.54) is 6.07 Å². The SMILES string of the molecule is COc1cc(CNc2cccc(NC(=O)CC(C)C)c2)c(Cl)cc1OCc1ccccc1F. The van der Waals surface area contributed by atoms with Gasteiger partial charge in [0.2, 0.25) is 5.91 Å². The van der Waals surface area contributed by atoms with Crippen LogP contribution in [0.3, 0.4) is 0 Å². The molecule has 174 valence electrons. The smallest absolute Gasteiger partial charge is 0.224 e. The maximum absolute atomic E-state index is 13.9. The Balaban J connectivity index is 1.66. The summed E-state index contributed by atoms with van der Waals surface area (Å²) in [6.07, 6.45) is 0.471. The lowest BCUT2D eigenvalue weighted by atomic mass is 10.1. The van der Waals surface area contributed by atoms with Gasteiger partial charge in [0.1, 0.15) is 12.4 Å². The molecule has 0 spiro atoms. The van der Waals surface area contributed by atoms with Crippen molar-refractivity contribution in [3.05, 3.63) is 82.6 Å². The fraction of sp³-hybridized carbons (Fsp3) is 0.269. The molecule has 0 bridgehead atoms. The number of carbonyl (C=O) groups is 1. The molecule has 0 aliphatic rings. The molecule has 7 heteroatoms. The van der Waals surface area contributed by atoms with Gasteiger partial charge in [-0.2, -0.15) is 0 Å². The van der Waals surface area contributed by atoms with E-state index in [0.717, 1.165) is 16.9 Å². The zero-order valence-corrected chi connectivity index (χ0v) is 19.7. The third-order valence-corrected chi connectivity index (χ3v) is 5.25. The highest BCUT2D eigenvalue weighted by atomic mass is 35.5. The van der Waals surface area contributed by atoms with Gasteiger partial charge in [-0.25, -0.2) is 4.39 Å². The Morgan fingerprint density at radius 3 is 2.48 bits per heavy atom. The largest absolute Gasteiger partial charge is 0.493 e. The van der Waals surface area contributed by atoms with Crippen molar-refractivity contribution in [3.63, 3.8) is 0 Å². The van der Waals surface area contributed by atoms with Crippen LogP contribution in [0.25, 0.3) is 0 Å². The van der Waals surface area contributed by atoms with Gasteiger partial charge in [0.15, 0.2) is 11.5 Å². The molecular formula is C26H28ClFN2O3. The fourth-order valence-electron chi connectivity index (χ4n) is 3.24. The van der Waals surface area contributed by atoms with Crippen molar-refractivity contribution in [2.45, 2.75) is 33.4 Å². The van der Waals surface area contributed by atoms with E-state index in [4.69, 9.17) is 21.1 Å². The Labute approximate surface area is 198 Å². The van der Waals surface area contributed by atoms with Crippen molar-refractivity contribution in [1.29, 1.82) is 0 Å². The van der Waals surface area contributed by atoms with Crippen LogP contribution in [0.1, 0.15) is 31.4 Å². The second-order valence-electron chi connectivity index (χ2n) is 8.06. The van der Waals surface area contributed by atoms with Crippen LogP contribution < -0.4 is 20.1 Å². The molecule has 2 N–H and O–H groups in total. The average Bonchev–Trinajstić information content (AvgIpc) is 2.77. The van der Waals surface area contributed by atoms with Crippen LogP contribution in [-0.2, 0) is 17.9 Å². The van der Waals surface area contributed by atoms with Gasteiger partial charge in [0, 0.05) is 41.0 Å². The summed E-state index contributed by atoms with van der Waals surface area (Å²) in [6.45, 7) is 4.51. The van der Waals surface area contributed by atoms with Crippen molar-refractivity contribution in [2.75, 3.05) is 17.7 Å². The lowest BCUT2D eigenvalue weighted by Crippen LogP contribution is -2.13. The van der Waals surface area contributed by atoms with E-state index in [9.17, 15) is 9.18 Å². The summed E-state index contributed by atoms with van der Waals surface area (Å²) in [7, 11) is 1.54. The molecule has 3 aromatic carbocycles. The maximum atomic E-state index is 13.9. The van der Waals surface area contributed by atoms with Gasteiger partial charge in [0.05, 0.1) is 7.11 Å². The first kappa shape index (κ1) is 24.4. The van der Waals surface area contributed by atoms with Crippen molar-refractivity contribution in [2.24, 2.45) is 5.92 Å². The Morgan fingerprint density at radius 2 is 1.76 bits per heavy atom. The normalized spacial score (nSPS) is 10.7. The highest BCUT2D eigenvalue weighted by Gasteiger charge is 2.12. The van der Waals surface area contributed by atoms with Crippen LogP contribution in [-0.4, -0.2) is 13.0 Å². The number of anilines is 2. The van der Waals surface area contributed by atoms with Crippen molar-refractivity contribution in [1.82, 2.24) is 0 Å². The number of ether oxygens (including phenoxy) is 2. The minimum atomic E-state index is -0.328. The van der Waals surface area contributed by atoms with E-state index in [0.29, 0.717) is 41.0 Å². The summed E-state index contributed by atoms with van der Waals surface area (Å²) in [5, 5.41) is 6.72. The summed E-state index contributed by atoms with van der Waals surface area (Å²) in [6, 6.07) is 17.4. The van der Waals surface area contributed by atoms with E-state index in [-0.39, 0.29) is 18.3 Å². The highest BCUT2D eigenvalue weighted by molar-refractivity contribution is 6.31. The van der Waals surface area contributed by atoms with Crippen LogP contribution >= 0.6 is 11.6 Å². The third kappa shape index (κ3) is 7.12. The number of carbonyl (C=O) groups excluding carboxylic acids is 1. The second kappa shape index (κ2) is 11.6. The molecule has 0 fully saturated rings. The zero-order chi connectivity index (χ0) is 23.8. The van der Waals surface area contributed by atoms with Crippen LogP contribution in [0.5, 0.6) is 11.5 Å². The lowest BCUT2D eigenvalue weighted by Gasteiger charge is -2.15. The van der Waals surface area contributed by atoms with Crippen molar-refractivity contribution >= 4 is 28.9 Å². The number of benzene rings is 3. The molecule has 0 unspecified atom stereocenters. The highest BCUT2D eigenvalue weighted by Crippen LogP contribution is 2.34. The molecule has 0 saturated heterocycles. The van der Waals surface area contributed by atoms with Crippen LogP contribution in [0.15, 0.2) is 60.7 Å². The third-order valence-electron chi connectivity index (χ3n) is 4.90. The fourth-order valence-corrected chi connectivity index (χ4v) is 3.46. The Morgan fingerprint density at radius 1 is 1.00 bits per heavy atom. The quantitative estimate of drug-likeness (QED) is 0.347. The van der Waals surface area contributed by atoms with E-state index in [1.807, 2.05) is 38.1 Å². The average molecular weight is 471 g/mol. The zero-order valence-electron chi connectivity index (χ0n) is 19.0. The van der Waals surface area contributed by atoms with Crippen LogP contribution in [0, 0.1) is 11.7 Å². The van der Waals surface area contributed by atoms with Gasteiger partial charge in [-0.15, -0.1) is 0 Å². The second-order valence-corrected chi connectivity index (χ2v) is 8.46. The molecule has 0 radical (unpaired) electrons. The number of hydrogen-bond acceptors (Lipinski definition) is 4. The summed E-state index contributed by atoms with van der Waals surface area (Å²) >= 11 is 6.48. The maximum Gasteiger partial charge on any atom is 0.224 e. The van der Waals surface area contributed by atoms with Gasteiger partial charge in [-0.05, 0) is 41.8 Å². The number of methoxy groups -OCH3 is 1. The first-order valence-corrected chi connectivity index (χ1v) is 11.1. The van der Waals surface area contributed by atoms with Crippen LogP contribution in [0.4, 0.5) is 15.8 Å². The molecule has 5 nitrogen and oxygen atoms in total. The van der Waals surface area contributed by atoms with Gasteiger partial charge in [0.25, 0.3) is 0 Å². The van der Waals surface area contributed by atoms with Gasteiger partial charge >= 0.3 is 0 Å². The summed E-state index contributed by atoms with van der Waals surface area (Å²) in [5.74, 6) is 0.889. The molecule has 0 saturated carbocycles. The summed E-state index contributed by atoms with van der Waals surface area (Å²) in [4.78, 5) is 12.0. The number of nitrogens with one attached hydrogen (secondary N) is 2. The van der Waals surface area contributed by atoms with Crippen LogP contribution in [0.2, 0.25) is 5.02 Å². The minimum absolute atomic E-state index is 0.0131. The predicted molar refractivity (Wildman–Crippen MR) is 131 cm³/mol. The Kier molecular flexibility index (Phi) is 8.55. The Bertz CT molecular complexity index is 1100. The van der Waals surface area contributed by atoms with Gasteiger partial charge in [-0.1, -0.05) is 49.7 Å². The standard InChI is InChI=1S/C26H28ClFN2O3/c1-17(2)11-26(31)30-21-9-6-8-20(13-21)29-15-19-12-24(32-3)25(14-22(19)27)33-16-18-7-4-5-10-23(18)28/h4-10,12-14,17,29H,11,15-16H2,1-3H3,(H,30,31). The first-order valence-electron chi connectivity index (χ1n) is 10.7. The van der Waals surface area contributed by atoms with E-state index in [1.54, 1.807) is 37.4 Å². The predicted octanol–water partition coefficient (Wildman–Crippen LogP) is 6.66. The lowest BCUT2D eigenvalue weighted by molar-refractivity contribution is -0.116. The van der Waals surface area contributed by atoms with Gasteiger partial charge in [-0.3, -0.25) is 4.79 Å². The molecule has 3 aromatic rings. The number of amides is 1. The molecular weight excluding hydrogens is 443 g/mol. The number of rotatable bonds is 10. The van der Waals surface area contributed by atoms with E-state index < -0.39 is 0 Å². The first-order chi connectivity index (χ1) is 15.9. The Hall–Kier alpha value is -3.25. The molecule has 0 aromatic heterocycles. The molecule has 0 aliphatic heterocycles. The monoisotopic (exact) mass is 470 g/mol. The molecule has 1 amide bonds. The van der Waals surface area contributed by atoms with Gasteiger partial charge < -0.3 is 20.1 Å². The molecule has 0 aliphatic carbocycles. The summed E-state index contributed by atoms with van der Waals surface area (Å²) in [5.41, 5.74) is 2.82. The molecule has 0 heterocycles. The topological polar surface area (TPSA) is 59.6 Å². The number of hydrogen-bond donors (Lipinski definition) is 2. The number of halogens is 2.